The van der Waals surface area contributed by atoms with E-state index in [2.05, 4.69) is 11.1 Å². The molecule has 0 aromatic carbocycles. The van der Waals surface area contributed by atoms with Crippen LogP contribution in [-0.4, -0.2) is 10.8 Å². The van der Waals surface area contributed by atoms with Crippen LogP contribution in [0.4, 0.5) is 0 Å². The smallest absolute Gasteiger partial charge is 0.136 e. The maximum absolute atomic E-state index is 10.8. The van der Waals surface area contributed by atoms with Crippen molar-refractivity contribution in [2.45, 2.75) is 18.3 Å². The van der Waals surface area contributed by atoms with Crippen LogP contribution in [0.2, 0.25) is 0 Å². The molecule has 2 rings (SSSR count). The zero-order valence-electron chi connectivity index (χ0n) is 6.28. The van der Waals surface area contributed by atoms with E-state index in [1.807, 2.05) is 0 Å². The number of rotatable bonds is 1. The van der Waals surface area contributed by atoms with Crippen molar-refractivity contribution in [3.8, 4) is 6.07 Å². The van der Waals surface area contributed by atoms with E-state index in [0.717, 1.165) is 4.88 Å². The van der Waals surface area contributed by atoms with Gasteiger partial charge in [0.05, 0.1) is 11.6 Å². The Balaban J connectivity index is 2.34. The highest BCUT2D eigenvalue weighted by Crippen LogP contribution is 2.42. The third-order valence-electron chi connectivity index (χ3n) is 2.12. The zero-order valence-corrected chi connectivity index (χ0v) is 7.10. The van der Waals surface area contributed by atoms with Crippen molar-refractivity contribution >= 4 is 17.1 Å². The molecule has 0 bridgehead atoms. The Labute approximate surface area is 73.7 Å². The minimum absolute atomic E-state index is 0.171. The average molecular weight is 178 g/mol. The SMILES string of the molecule is N#CC1(c2cncs2)CC(=O)C1. The van der Waals surface area contributed by atoms with E-state index >= 15 is 0 Å². The van der Waals surface area contributed by atoms with Gasteiger partial charge in [-0.25, -0.2) is 0 Å². The summed E-state index contributed by atoms with van der Waals surface area (Å²) in [6.07, 6.45) is 2.41. The Morgan fingerprint density at radius 2 is 2.42 bits per heavy atom. The Bertz CT molecular complexity index is 342. The third kappa shape index (κ3) is 0.868. The van der Waals surface area contributed by atoms with E-state index in [1.165, 1.54) is 11.3 Å². The van der Waals surface area contributed by atoms with Gasteiger partial charge < -0.3 is 0 Å². The molecule has 60 valence electrons. The molecular formula is C8H6N2OS. The molecule has 1 aromatic rings. The molecule has 3 nitrogen and oxygen atoms in total. The van der Waals surface area contributed by atoms with Crippen LogP contribution in [0, 0.1) is 11.3 Å². The summed E-state index contributed by atoms with van der Waals surface area (Å²) in [5.74, 6) is 0.171. The number of hydrogen-bond acceptors (Lipinski definition) is 4. The van der Waals surface area contributed by atoms with Crippen LogP contribution in [0.15, 0.2) is 11.7 Å². The van der Waals surface area contributed by atoms with Gasteiger partial charge in [0, 0.05) is 23.9 Å². The quantitative estimate of drug-likeness (QED) is 0.650. The van der Waals surface area contributed by atoms with Crippen molar-refractivity contribution in [2.24, 2.45) is 0 Å². The molecule has 0 N–H and O–H groups in total. The second-order valence-electron chi connectivity index (χ2n) is 2.95. The molecule has 0 unspecified atom stereocenters. The number of hydrogen-bond donors (Lipinski definition) is 0. The second kappa shape index (κ2) is 2.39. The summed E-state index contributed by atoms with van der Waals surface area (Å²) >= 11 is 1.45. The molecule has 0 amide bonds. The summed E-state index contributed by atoms with van der Waals surface area (Å²) in [5, 5.41) is 8.90. The topological polar surface area (TPSA) is 53.8 Å². The van der Waals surface area contributed by atoms with Crippen molar-refractivity contribution in [3.63, 3.8) is 0 Å². The standard InChI is InChI=1S/C8H6N2OS/c9-4-8(1-6(11)2-8)7-3-10-5-12-7/h3,5H,1-2H2. The molecule has 1 aromatic heterocycles. The number of nitriles is 1. The highest BCUT2D eigenvalue weighted by molar-refractivity contribution is 7.09. The van der Waals surface area contributed by atoms with Crippen LogP contribution >= 0.6 is 11.3 Å². The number of nitrogens with zero attached hydrogens (tertiary/aromatic N) is 2. The largest absolute Gasteiger partial charge is 0.300 e. The van der Waals surface area contributed by atoms with Crippen LogP contribution < -0.4 is 0 Å². The number of carbonyl (C=O) groups excluding carboxylic acids is 1. The molecule has 0 spiro atoms. The molecule has 1 aliphatic rings. The normalized spacial score (nSPS) is 19.8. The average Bonchev–Trinajstić information content (AvgIpc) is 2.50. The summed E-state index contributed by atoms with van der Waals surface area (Å²) < 4.78 is 0. The van der Waals surface area contributed by atoms with Crippen LogP contribution in [0.1, 0.15) is 17.7 Å². The van der Waals surface area contributed by atoms with Crippen LogP contribution in [0.3, 0.4) is 0 Å². The lowest BCUT2D eigenvalue weighted by Crippen LogP contribution is -2.39. The highest BCUT2D eigenvalue weighted by Gasteiger charge is 2.46. The van der Waals surface area contributed by atoms with Crippen molar-refractivity contribution in [1.29, 1.82) is 5.26 Å². The maximum atomic E-state index is 10.8. The minimum atomic E-state index is -0.530. The van der Waals surface area contributed by atoms with E-state index in [4.69, 9.17) is 5.26 Å². The summed E-state index contributed by atoms with van der Waals surface area (Å²) in [5.41, 5.74) is 1.16. The van der Waals surface area contributed by atoms with Gasteiger partial charge in [0.15, 0.2) is 0 Å². The number of thiazole rings is 1. The summed E-state index contributed by atoms with van der Waals surface area (Å²) in [6.45, 7) is 0. The predicted molar refractivity (Wildman–Crippen MR) is 43.6 cm³/mol. The van der Waals surface area contributed by atoms with Gasteiger partial charge in [0.1, 0.15) is 11.2 Å². The molecular weight excluding hydrogens is 172 g/mol. The fourth-order valence-electron chi connectivity index (χ4n) is 1.38. The van der Waals surface area contributed by atoms with E-state index in [0.29, 0.717) is 12.8 Å². The van der Waals surface area contributed by atoms with Crippen molar-refractivity contribution in [3.05, 3.63) is 16.6 Å². The lowest BCUT2D eigenvalue weighted by Gasteiger charge is -2.31. The Morgan fingerprint density at radius 1 is 1.67 bits per heavy atom. The Kier molecular flexibility index (Phi) is 1.48. The Hall–Kier alpha value is -1.21. The summed E-state index contributed by atoms with van der Waals surface area (Å²) in [4.78, 5) is 15.6. The van der Waals surface area contributed by atoms with E-state index < -0.39 is 5.41 Å². The lowest BCUT2D eigenvalue weighted by molar-refractivity contribution is -0.126. The number of ketones is 1. The van der Waals surface area contributed by atoms with Gasteiger partial charge in [0.25, 0.3) is 0 Å². The van der Waals surface area contributed by atoms with Gasteiger partial charge in [-0.2, -0.15) is 5.26 Å². The number of aromatic nitrogens is 1. The molecule has 12 heavy (non-hydrogen) atoms. The third-order valence-corrected chi connectivity index (χ3v) is 3.09. The van der Waals surface area contributed by atoms with E-state index in [-0.39, 0.29) is 5.78 Å². The molecule has 1 fully saturated rings. The van der Waals surface area contributed by atoms with Crippen LogP contribution in [0.5, 0.6) is 0 Å². The minimum Gasteiger partial charge on any atom is -0.300 e. The lowest BCUT2D eigenvalue weighted by atomic mass is 9.68. The maximum Gasteiger partial charge on any atom is 0.136 e. The number of carbonyl (C=O) groups is 1. The molecule has 4 heteroatoms. The van der Waals surface area contributed by atoms with Gasteiger partial charge in [-0.1, -0.05) is 0 Å². The molecule has 0 atom stereocenters. The van der Waals surface area contributed by atoms with Crippen molar-refractivity contribution in [1.82, 2.24) is 4.98 Å². The van der Waals surface area contributed by atoms with Crippen molar-refractivity contribution < 1.29 is 4.79 Å². The fraction of sp³-hybridized carbons (Fsp3) is 0.375. The first-order valence-electron chi connectivity index (χ1n) is 3.59. The second-order valence-corrected chi connectivity index (χ2v) is 3.84. The van der Waals surface area contributed by atoms with E-state index in [9.17, 15) is 4.79 Å². The molecule has 1 heterocycles. The summed E-state index contributed by atoms with van der Waals surface area (Å²) in [7, 11) is 0. The highest BCUT2D eigenvalue weighted by atomic mass is 32.1. The first kappa shape index (κ1) is 7.44. The van der Waals surface area contributed by atoms with E-state index in [1.54, 1.807) is 11.7 Å². The van der Waals surface area contributed by atoms with Gasteiger partial charge in [-0.15, -0.1) is 11.3 Å². The van der Waals surface area contributed by atoms with Crippen LogP contribution in [-0.2, 0) is 10.2 Å². The monoisotopic (exact) mass is 178 g/mol. The van der Waals surface area contributed by atoms with Crippen molar-refractivity contribution in [2.75, 3.05) is 0 Å². The van der Waals surface area contributed by atoms with Gasteiger partial charge in [0.2, 0.25) is 0 Å². The Morgan fingerprint density at radius 3 is 2.83 bits per heavy atom. The zero-order chi connectivity index (χ0) is 8.60. The van der Waals surface area contributed by atoms with Crippen LogP contribution in [0.25, 0.3) is 0 Å². The molecule has 1 saturated carbocycles. The van der Waals surface area contributed by atoms with Gasteiger partial charge in [-0.05, 0) is 0 Å². The molecule has 1 aliphatic carbocycles. The van der Waals surface area contributed by atoms with Gasteiger partial charge in [-0.3, -0.25) is 9.78 Å². The fourth-order valence-corrected chi connectivity index (χ4v) is 2.15. The first-order chi connectivity index (χ1) is 5.77. The van der Waals surface area contributed by atoms with Gasteiger partial charge >= 0.3 is 0 Å². The predicted octanol–water partition coefficient (Wildman–Crippen LogP) is 1.27. The first-order valence-corrected chi connectivity index (χ1v) is 4.47. The molecule has 0 saturated heterocycles. The molecule has 0 aliphatic heterocycles. The molecule has 0 radical (unpaired) electrons. The number of Topliss-reactive ketones (excluding diaryl/α,β-unsaturated/α-hetero) is 1. The summed E-state index contributed by atoms with van der Waals surface area (Å²) in [6, 6.07) is 2.20.